The molecule has 0 radical (unpaired) electrons. The zero-order chi connectivity index (χ0) is 23.4. The third-order valence-corrected chi connectivity index (χ3v) is 5.98. The highest BCUT2D eigenvalue weighted by atomic mass is 35.5. The van der Waals surface area contributed by atoms with E-state index in [0.717, 1.165) is 38.8 Å². The monoisotopic (exact) mass is 475 g/mol. The molecule has 0 bridgehead atoms. The topological polar surface area (TPSA) is 58.6 Å². The van der Waals surface area contributed by atoms with Gasteiger partial charge in [-0.15, -0.1) is 12.4 Å². The normalized spacial score (nSPS) is 11.6. The van der Waals surface area contributed by atoms with Crippen LogP contribution in [0.5, 0.6) is 5.75 Å². The van der Waals surface area contributed by atoms with Gasteiger partial charge < -0.3 is 15.2 Å². The van der Waals surface area contributed by atoms with Crippen LogP contribution < -0.4 is 10.1 Å². The Hall–Kier alpha value is -3.34. The largest absolute Gasteiger partial charge is 0.494 e. The fourth-order valence-corrected chi connectivity index (χ4v) is 4.16. The van der Waals surface area contributed by atoms with Gasteiger partial charge in [0.1, 0.15) is 5.75 Å². The van der Waals surface area contributed by atoms with Gasteiger partial charge in [-0.05, 0) is 89.7 Å². The molecular formula is C29H30ClNO3. The lowest BCUT2D eigenvalue weighted by molar-refractivity contribution is 0.0696. The lowest BCUT2D eigenvalue weighted by Gasteiger charge is -2.17. The zero-order valence-electron chi connectivity index (χ0n) is 19.7. The Bertz CT molecular complexity index is 1300. The molecule has 0 heterocycles. The number of fused-ring (bicyclic) bond motifs is 1. The second kappa shape index (κ2) is 11.2. The molecule has 0 unspecified atom stereocenters. The number of nitrogens with one attached hydrogen (secondary N) is 1. The first-order chi connectivity index (χ1) is 16.0. The summed E-state index contributed by atoms with van der Waals surface area (Å²) < 4.78 is 5.64. The summed E-state index contributed by atoms with van der Waals surface area (Å²) in [5.41, 5.74) is 5.37. The summed E-state index contributed by atoms with van der Waals surface area (Å²) in [5.74, 6) is -0.0233. The van der Waals surface area contributed by atoms with Gasteiger partial charge in [0.25, 0.3) is 0 Å². The molecule has 5 heteroatoms. The SMILES string of the molecule is CCOc1cccc([C@@H](C)NCc2cc(-c3ccc(C)c(C(=O)O)c3)c3ccccc3c2)c1.Cl. The van der Waals surface area contributed by atoms with E-state index in [-0.39, 0.29) is 18.4 Å². The maximum Gasteiger partial charge on any atom is 0.335 e. The van der Waals surface area contributed by atoms with Crippen molar-refractivity contribution in [2.24, 2.45) is 0 Å². The molecule has 4 aromatic carbocycles. The van der Waals surface area contributed by atoms with Crippen molar-refractivity contribution in [2.45, 2.75) is 33.4 Å². The Morgan fingerprint density at radius 3 is 2.56 bits per heavy atom. The van der Waals surface area contributed by atoms with Crippen molar-refractivity contribution in [1.29, 1.82) is 0 Å². The number of aromatic carboxylic acids is 1. The van der Waals surface area contributed by atoms with Crippen molar-refractivity contribution >= 4 is 29.1 Å². The van der Waals surface area contributed by atoms with Gasteiger partial charge >= 0.3 is 5.97 Å². The van der Waals surface area contributed by atoms with Gasteiger partial charge in [-0.25, -0.2) is 4.79 Å². The number of rotatable bonds is 8. The predicted octanol–water partition coefficient (Wildman–Crippen LogP) is 7.18. The molecule has 0 saturated carbocycles. The first-order valence-electron chi connectivity index (χ1n) is 11.3. The van der Waals surface area contributed by atoms with E-state index in [2.05, 4.69) is 48.6 Å². The molecule has 0 fully saturated rings. The molecular weight excluding hydrogens is 446 g/mol. The van der Waals surface area contributed by atoms with Crippen molar-refractivity contribution in [2.75, 3.05) is 6.61 Å². The Kier molecular flexibility index (Phi) is 8.32. The molecule has 4 rings (SSSR count). The minimum atomic E-state index is -0.903. The van der Waals surface area contributed by atoms with Crippen molar-refractivity contribution in [3.05, 3.63) is 101 Å². The number of aryl methyl sites for hydroxylation is 1. The summed E-state index contributed by atoms with van der Waals surface area (Å²) in [6.45, 7) is 7.29. The van der Waals surface area contributed by atoms with E-state index in [1.807, 2.05) is 50.2 Å². The second-order valence-electron chi connectivity index (χ2n) is 8.31. The van der Waals surface area contributed by atoms with Crippen LogP contribution in [0.1, 0.15) is 46.9 Å². The highest BCUT2D eigenvalue weighted by molar-refractivity contribution is 5.99. The molecule has 0 saturated heterocycles. The molecule has 0 aliphatic carbocycles. The van der Waals surface area contributed by atoms with E-state index in [1.54, 1.807) is 6.07 Å². The maximum atomic E-state index is 11.7. The van der Waals surface area contributed by atoms with Crippen LogP contribution in [0.4, 0.5) is 0 Å². The highest BCUT2D eigenvalue weighted by Gasteiger charge is 2.13. The quantitative estimate of drug-likeness (QED) is 0.283. The highest BCUT2D eigenvalue weighted by Crippen LogP contribution is 2.32. The Balaban J connectivity index is 0.00000324. The number of halogens is 1. The molecule has 4 nitrogen and oxygen atoms in total. The predicted molar refractivity (Wildman–Crippen MR) is 141 cm³/mol. The number of ether oxygens (including phenoxy) is 1. The van der Waals surface area contributed by atoms with Gasteiger partial charge in [0.15, 0.2) is 0 Å². The third-order valence-electron chi connectivity index (χ3n) is 5.98. The summed E-state index contributed by atoms with van der Waals surface area (Å²) in [6, 6.07) is 26.6. The molecule has 4 aromatic rings. The van der Waals surface area contributed by atoms with Crippen molar-refractivity contribution < 1.29 is 14.6 Å². The van der Waals surface area contributed by atoms with Gasteiger partial charge in [0.05, 0.1) is 12.2 Å². The Labute approximate surface area is 207 Å². The Morgan fingerprint density at radius 1 is 1.00 bits per heavy atom. The summed E-state index contributed by atoms with van der Waals surface area (Å²) in [5, 5.41) is 15.5. The van der Waals surface area contributed by atoms with Gasteiger partial charge in [0, 0.05) is 12.6 Å². The van der Waals surface area contributed by atoms with Crippen LogP contribution in [0.3, 0.4) is 0 Å². The van der Waals surface area contributed by atoms with Gasteiger partial charge in [-0.3, -0.25) is 0 Å². The number of carboxylic acid groups (broad SMARTS) is 1. The smallest absolute Gasteiger partial charge is 0.335 e. The molecule has 1 atom stereocenters. The van der Waals surface area contributed by atoms with Gasteiger partial charge in [-0.1, -0.05) is 48.5 Å². The van der Waals surface area contributed by atoms with Crippen LogP contribution in [0, 0.1) is 6.92 Å². The van der Waals surface area contributed by atoms with Crippen molar-refractivity contribution in [3.8, 4) is 16.9 Å². The van der Waals surface area contributed by atoms with E-state index < -0.39 is 5.97 Å². The molecule has 2 N–H and O–H groups in total. The standard InChI is InChI=1S/C29H29NO3.ClH/c1-4-33-25-10-7-9-22(16-25)20(3)30-18-21-14-23-8-5-6-11-26(23)28(15-21)24-13-12-19(2)27(17-24)29(31)32;/h5-17,20,30H,4,18H2,1-3H3,(H,31,32);1H/t20-;/m1./s1. The van der Waals surface area contributed by atoms with E-state index in [9.17, 15) is 9.90 Å². The maximum absolute atomic E-state index is 11.7. The van der Waals surface area contributed by atoms with Crippen LogP contribution in [-0.2, 0) is 6.54 Å². The fourth-order valence-electron chi connectivity index (χ4n) is 4.16. The average Bonchev–Trinajstić information content (AvgIpc) is 2.82. The van der Waals surface area contributed by atoms with E-state index >= 15 is 0 Å². The lowest BCUT2D eigenvalue weighted by Crippen LogP contribution is -2.18. The van der Waals surface area contributed by atoms with Crippen LogP contribution in [0.2, 0.25) is 0 Å². The minimum absolute atomic E-state index is 0. The van der Waals surface area contributed by atoms with Crippen molar-refractivity contribution in [3.63, 3.8) is 0 Å². The molecule has 0 amide bonds. The van der Waals surface area contributed by atoms with Gasteiger partial charge in [-0.2, -0.15) is 0 Å². The van der Waals surface area contributed by atoms with Crippen LogP contribution in [0.15, 0.2) is 78.9 Å². The summed E-state index contributed by atoms with van der Waals surface area (Å²) in [7, 11) is 0. The number of carbonyl (C=O) groups is 1. The first kappa shape index (κ1) is 25.3. The minimum Gasteiger partial charge on any atom is -0.494 e. The van der Waals surface area contributed by atoms with Gasteiger partial charge in [0.2, 0.25) is 0 Å². The molecule has 0 spiro atoms. The molecule has 176 valence electrons. The number of carboxylic acids is 1. The molecule has 0 aliphatic heterocycles. The summed E-state index contributed by atoms with van der Waals surface area (Å²) in [6.07, 6.45) is 0. The van der Waals surface area contributed by atoms with E-state index in [0.29, 0.717) is 18.7 Å². The summed E-state index contributed by atoms with van der Waals surface area (Å²) >= 11 is 0. The molecule has 34 heavy (non-hydrogen) atoms. The number of benzene rings is 4. The van der Waals surface area contributed by atoms with Crippen molar-refractivity contribution in [1.82, 2.24) is 5.32 Å². The van der Waals surface area contributed by atoms with Crippen LogP contribution in [-0.4, -0.2) is 17.7 Å². The van der Waals surface area contributed by atoms with Crippen LogP contribution in [0.25, 0.3) is 21.9 Å². The van der Waals surface area contributed by atoms with Crippen LogP contribution >= 0.6 is 12.4 Å². The zero-order valence-corrected chi connectivity index (χ0v) is 20.5. The van der Waals surface area contributed by atoms with E-state index in [1.165, 1.54) is 5.56 Å². The third kappa shape index (κ3) is 5.58. The number of hydrogen-bond acceptors (Lipinski definition) is 3. The summed E-state index contributed by atoms with van der Waals surface area (Å²) in [4.78, 5) is 11.7. The Morgan fingerprint density at radius 2 is 1.79 bits per heavy atom. The lowest BCUT2D eigenvalue weighted by atomic mass is 9.93. The first-order valence-corrected chi connectivity index (χ1v) is 11.3. The number of hydrogen-bond donors (Lipinski definition) is 2. The fraction of sp³-hybridized carbons (Fsp3) is 0.207. The second-order valence-corrected chi connectivity index (χ2v) is 8.31. The van der Waals surface area contributed by atoms with E-state index in [4.69, 9.17) is 4.74 Å². The average molecular weight is 476 g/mol. The molecule has 0 aliphatic rings. The molecule has 0 aromatic heterocycles.